The van der Waals surface area contributed by atoms with Crippen LogP contribution in [0.25, 0.3) is 0 Å². The van der Waals surface area contributed by atoms with Gasteiger partial charge in [0.25, 0.3) is 0 Å². The number of hydrogen-bond acceptors (Lipinski definition) is 4. The fourth-order valence-electron chi connectivity index (χ4n) is 3.39. The van der Waals surface area contributed by atoms with E-state index in [2.05, 4.69) is 42.8 Å². The Kier molecular flexibility index (Phi) is 5.62. The van der Waals surface area contributed by atoms with Gasteiger partial charge in [-0.3, -0.25) is 4.90 Å². The van der Waals surface area contributed by atoms with Crippen LogP contribution in [0.3, 0.4) is 0 Å². The summed E-state index contributed by atoms with van der Waals surface area (Å²) in [6.45, 7) is 7.57. The first-order valence-electron chi connectivity index (χ1n) is 7.91. The van der Waals surface area contributed by atoms with E-state index < -0.39 is 0 Å². The normalized spacial score (nSPS) is 23.8. The van der Waals surface area contributed by atoms with Crippen LogP contribution >= 0.6 is 0 Å². The molecule has 0 radical (unpaired) electrons. The summed E-state index contributed by atoms with van der Waals surface area (Å²) in [5.74, 6) is 0.937. The summed E-state index contributed by atoms with van der Waals surface area (Å²) >= 11 is 0. The average Bonchev–Trinajstić information content (AvgIpc) is 2.49. The van der Waals surface area contributed by atoms with E-state index in [9.17, 15) is 0 Å². The van der Waals surface area contributed by atoms with Gasteiger partial charge in [-0.15, -0.1) is 0 Å². The van der Waals surface area contributed by atoms with E-state index in [1.807, 2.05) is 12.1 Å². The van der Waals surface area contributed by atoms with Gasteiger partial charge < -0.3 is 15.4 Å². The van der Waals surface area contributed by atoms with E-state index in [1.54, 1.807) is 7.11 Å². The first-order valence-corrected chi connectivity index (χ1v) is 7.91. The monoisotopic (exact) mass is 291 g/mol. The number of hydrogen-bond donors (Lipinski definition) is 1. The third kappa shape index (κ3) is 3.57. The lowest BCUT2D eigenvalue weighted by Gasteiger charge is -2.44. The van der Waals surface area contributed by atoms with Crippen molar-refractivity contribution in [2.24, 2.45) is 5.73 Å². The molecule has 1 aliphatic heterocycles. The fourth-order valence-corrected chi connectivity index (χ4v) is 3.39. The predicted octanol–water partition coefficient (Wildman–Crippen LogP) is 2.11. The van der Waals surface area contributed by atoms with Crippen molar-refractivity contribution in [3.05, 3.63) is 29.8 Å². The number of nitrogens with zero attached hydrogens (tertiary/aromatic N) is 2. The number of benzene rings is 1. The summed E-state index contributed by atoms with van der Waals surface area (Å²) in [5, 5.41) is 0. The number of para-hydroxylation sites is 1. The highest BCUT2D eigenvalue weighted by molar-refractivity contribution is 5.36. The van der Waals surface area contributed by atoms with Gasteiger partial charge >= 0.3 is 0 Å². The minimum Gasteiger partial charge on any atom is -0.496 e. The molecule has 1 aliphatic rings. The molecule has 4 nitrogen and oxygen atoms in total. The summed E-state index contributed by atoms with van der Waals surface area (Å²) in [6, 6.07) is 9.14. The van der Waals surface area contributed by atoms with Crippen LogP contribution in [0.2, 0.25) is 0 Å². The highest BCUT2D eigenvalue weighted by Gasteiger charge is 2.32. The molecule has 1 saturated heterocycles. The molecular weight excluding hydrogens is 262 g/mol. The van der Waals surface area contributed by atoms with Crippen molar-refractivity contribution in [2.45, 2.75) is 38.4 Å². The minimum absolute atomic E-state index is 0.0715. The first-order chi connectivity index (χ1) is 10.1. The smallest absolute Gasteiger partial charge is 0.123 e. The Morgan fingerprint density at radius 1 is 1.33 bits per heavy atom. The standard InChI is InChI=1S/C17H29N3O/c1-5-14-12-20(11-10-19(14)3)17(13(2)18)15-8-6-7-9-16(15)21-4/h6-9,13-14,17H,5,10-12,18H2,1-4H3. The summed E-state index contributed by atoms with van der Waals surface area (Å²) in [4.78, 5) is 4.98. The molecule has 0 aromatic heterocycles. The predicted molar refractivity (Wildman–Crippen MR) is 87.7 cm³/mol. The largest absolute Gasteiger partial charge is 0.496 e. The molecule has 1 aromatic rings. The molecule has 0 bridgehead atoms. The third-order valence-electron chi connectivity index (χ3n) is 4.63. The molecule has 2 rings (SSSR count). The molecule has 118 valence electrons. The van der Waals surface area contributed by atoms with Gasteiger partial charge in [0.05, 0.1) is 13.2 Å². The Balaban J connectivity index is 2.27. The zero-order valence-electron chi connectivity index (χ0n) is 13.7. The van der Waals surface area contributed by atoms with Gasteiger partial charge in [0.1, 0.15) is 5.75 Å². The second-order valence-corrected chi connectivity index (χ2v) is 6.08. The topological polar surface area (TPSA) is 41.7 Å². The van der Waals surface area contributed by atoms with Crippen LogP contribution in [0, 0.1) is 0 Å². The maximum atomic E-state index is 6.33. The Hall–Kier alpha value is -1.10. The van der Waals surface area contributed by atoms with Gasteiger partial charge in [-0.05, 0) is 26.5 Å². The van der Waals surface area contributed by atoms with Crippen LogP contribution in [-0.2, 0) is 0 Å². The van der Waals surface area contributed by atoms with Gasteiger partial charge in [0.2, 0.25) is 0 Å². The number of rotatable bonds is 5. The molecule has 3 unspecified atom stereocenters. The van der Waals surface area contributed by atoms with Crippen molar-refractivity contribution in [1.29, 1.82) is 0 Å². The molecule has 1 aromatic carbocycles. The molecule has 1 heterocycles. The SMILES string of the molecule is CCC1CN(C(c2ccccc2OC)C(C)N)CCN1C. The van der Waals surface area contributed by atoms with E-state index in [-0.39, 0.29) is 12.1 Å². The molecule has 4 heteroatoms. The van der Waals surface area contributed by atoms with Crippen molar-refractivity contribution >= 4 is 0 Å². The molecule has 0 amide bonds. The molecule has 0 spiro atoms. The van der Waals surface area contributed by atoms with Crippen LogP contribution in [0.4, 0.5) is 0 Å². The lowest BCUT2D eigenvalue weighted by molar-refractivity contribution is 0.0541. The van der Waals surface area contributed by atoms with Crippen LogP contribution in [0.1, 0.15) is 31.9 Å². The first kappa shape index (κ1) is 16.3. The fraction of sp³-hybridized carbons (Fsp3) is 0.647. The van der Waals surface area contributed by atoms with Gasteiger partial charge in [-0.1, -0.05) is 25.1 Å². The number of likely N-dealkylation sites (N-methyl/N-ethyl adjacent to an activating group) is 1. The van der Waals surface area contributed by atoms with Gasteiger partial charge in [-0.25, -0.2) is 0 Å². The molecule has 21 heavy (non-hydrogen) atoms. The third-order valence-corrected chi connectivity index (χ3v) is 4.63. The maximum Gasteiger partial charge on any atom is 0.123 e. The van der Waals surface area contributed by atoms with E-state index in [0.29, 0.717) is 6.04 Å². The second kappa shape index (κ2) is 7.25. The zero-order valence-corrected chi connectivity index (χ0v) is 13.7. The van der Waals surface area contributed by atoms with Crippen molar-refractivity contribution in [3.63, 3.8) is 0 Å². The Morgan fingerprint density at radius 2 is 2.05 bits per heavy atom. The number of nitrogens with two attached hydrogens (primary N) is 1. The second-order valence-electron chi connectivity index (χ2n) is 6.08. The highest BCUT2D eigenvalue weighted by atomic mass is 16.5. The molecule has 0 aliphatic carbocycles. The van der Waals surface area contributed by atoms with Gasteiger partial charge in [-0.2, -0.15) is 0 Å². The van der Waals surface area contributed by atoms with E-state index in [0.717, 1.165) is 25.4 Å². The highest BCUT2D eigenvalue weighted by Crippen LogP contribution is 2.32. The summed E-state index contributed by atoms with van der Waals surface area (Å²) in [5.41, 5.74) is 7.54. The van der Waals surface area contributed by atoms with Crippen LogP contribution in [0.5, 0.6) is 5.75 Å². The zero-order chi connectivity index (χ0) is 15.4. The lowest BCUT2D eigenvalue weighted by Crippen LogP contribution is -2.54. The minimum atomic E-state index is 0.0715. The quantitative estimate of drug-likeness (QED) is 0.902. The van der Waals surface area contributed by atoms with Crippen LogP contribution in [-0.4, -0.2) is 55.7 Å². The van der Waals surface area contributed by atoms with Crippen molar-refractivity contribution in [2.75, 3.05) is 33.8 Å². The lowest BCUT2D eigenvalue weighted by atomic mass is 9.96. The van der Waals surface area contributed by atoms with Crippen molar-refractivity contribution < 1.29 is 4.74 Å². The summed E-state index contributed by atoms with van der Waals surface area (Å²) in [6.07, 6.45) is 1.17. The van der Waals surface area contributed by atoms with Gasteiger partial charge in [0.15, 0.2) is 0 Å². The Morgan fingerprint density at radius 3 is 2.67 bits per heavy atom. The molecule has 2 N–H and O–H groups in total. The molecule has 3 atom stereocenters. The number of methoxy groups -OCH3 is 1. The molecule has 0 saturated carbocycles. The maximum absolute atomic E-state index is 6.33. The van der Waals surface area contributed by atoms with E-state index >= 15 is 0 Å². The summed E-state index contributed by atoms with van der Waals surface area (Å²) < 4.78 is 5.55. The molecular formula is C17H29N3O. The van der Waals surface area contributed by atoms with Crippen molar-refractivity contribution in [3.8, 4) is 5.75 Å². The molecule has 1 fully saturated rings. The van der Waals surface area contributed by atoms with Crippen molar-refractivity contribution in [1.82, 2.24) is 9.80 Å². The van der Waals surface area contributed by atoms with E-state index in [4.69, 9.17) is 10.5 Å². The van der Waals surface area contributed by atoms with Gasteiger partial charge in [0, 0.05) is 37.3 Å². The van der Waals surface area contributed by atoms with E-state index in [1.165, 1.54) is 12.0 Å². The van der Waals surface area contributed by atoms with Crippen LogP contribution in [0.15, 0.2) is 24.3 Å². The summed E-state index contributed by atoms with van der Waals surface area (Å²) in [7, 11) is 3.95. The number of ether oxygens (including phenoxy) is 1. The van der Waals surface area contributed by atoms with Crippen LogP contribution < -0.4 is 10.5 Å². The average molecular weight is 291 g/mol. The Bertz CT molecular complexity index is 449. The Labute approximate surface area is 128 Å². The number of piperazine rings is 1.